The van der Waals surface area contributed by atoms with E-state index in [1.165, 1.54) is 35.1 Å². The largest absolute Gasteiger partial charge is 0.324 e. The van der Waals surface area contributed by atoms with Crippen LogP contribution in [0.25, 0.3) is 0 Å². The summed E-state index contributed by atoms with van der Waals surface area (Å²) in [6.07, 6.45) is 2.44. The number of hydrogen-bond acceptors (Lipinski definition) is 1. The van der Waals surface area contributed by atoms with Crippen molar-refractivity contribution in [1.29, 1.82) is 0 Å². The van der Waals surface area contributed by atoms with Gasteiger partial charge in [-0.05, 0) is 49.3 Å². The molecule has 0 amide bonds. The van der Waals surface area contributed by atoms with Gasteiger partial charge in [0, 0.05) is 6.04 Å². The Kier molecular flexibility index (Phi) is 2.36. The Hall–Kier alpha value is -0.820. The molecule has 1 heteroatoms. The van der Waals surface area contributed by atoms with E-state index in [1.807, 2.05) is 0 Å². The summed E-state index contributed by atoms with van der Waals surface area (Å²) in [5.41, 5.74) is 11.9. The predicted molar refractivity (Wildman–Crippen MR) is 60.3 cm³/mol. The van der Waals surface area contributed by atoms with Gasteiger partial charge in [0.1, 0.15) is 0 Å². The second-order valence-electron chi connectivity index (χ2n) is 4.69. The van der Waals surface area contributed by atoms with E-state index in [0.717, 1.165) is 0 Å². The van der Waals surface area contributed by atoms with Crippen LogP contribution in [-0.2, 0) is 6.42 Å². The van der Waals surface area contributed by atoms with Gasteiger partial charge in [-0.25, -0.2) is 0 Å². The Labute approximate surface area is 86.3 Å². The first-order valence-electron chi connectivity index (χ1n) is 5.45. The lowest BCUT2D eigenvalue weighted by Gasteiger charge is -2.30. The Balaban J connectivity index is 2.54. The number of hydrogen-bond donors (Lipinski definition) is 1. The topological polar surface area (TPSA) is 26.0 Å². The first-order valence-corrected chi connectivity index (χ1v) is 5.45. The molecule has 0 spiro atoms. The summed E-state index contributed by atoms with van der Waals surface area (Å²) < 4.78 is 0. The third-order valence-corrected chi connectivity index (χ3v) is 3.47. The fourth-order valence-electron chi connectivity index (χ4n) is 2.53. The van der Waals surface area contributed by atoms with Crippen LogP contribution in [0.5, 0.6) is 0 Å². The summed E-state index contributed by atoms with van der Waals surface area (Å²) >= 11 is 0. The molecular weight excluding hydrogens is 170 g/mol. The van der Waals surface area contributed by atoms with Crippen LogP contribution in [0.1, 0.15) is 41.6 Å². The molecule has 0 saturated heterocycles. The fraction of sp³-hybridized carbons (Fsp3) is 0.538. The van der Waals surface area contributed by atoms with E-state index >= 15 is 0 Å². The van der Waals surface area contributed by atoms with Crippen molar-refractivity contribution < 1.29 is 0 Å². The molecule has 1 aliphatic carbocycles. The zero-order chi connectivity index (χ0) is 10.3. The molecule has 2 rings (SSSR count). The predicted octanol–water partition coefficient (Wildman–Crippen LogP) is 2.89. The second-order valence-corrected chi connectivity index (χ2v) is 4.69. The van der Waals surface area contributed by atoms with E-state index in [2.05, 4.69) is 32.9 Å². The average Bonchev–Trinajstić information content (AvgIpc) is 2.12. The van der Waals surface area contributed by atoms with Crippen LogP contribution in [0.3, 0.4) is 0 Å². The van der Waals surface area contributed by atoms with Crippen LogP contribution in [0.4, 0.5) is 0 Å². The third kappa shape index (κ3) is 1.46. The average molecular weight is 189 g/mol. The number of aryl methyl sites for hydroxylation is 2. The Morgan fingerprint density at radius 3 is 2.71 bits per heavy atom. The van der Waals surface area contributed by atoms with Crippen LogP contribution in [-0.4, -0.2) is 0 Å². The smallest absolute Gasteiger partial charge is 0.0323 e. The monoisotopic (exact) mass is 189 g/mol. The fourth-order valence-corrected chi connectivity index (χ4v) is 2.53. The molecular formula is C13H19N. The molecule has 76 valence electrons. The maximum atomic E-state index is 6.23. The molecule has 0 aromatic heterocycles. The van der Waals surface area contributed by atoms with Crippen LogP contribution >= 0.6 is 0 Å². The van der Waals surface area contributed by atoms with E-state index in [9.17, 15) is 0 Å². The minimum Gasteiger partial charge on any atom is -0.324 e. The quantitative estimate of drug-likeness (QED) is 0.667. The molecule has 0 radical (unpaired) electrons. The highest BCUT2D eigenvalue weighted by molar-refractivity contribution is 5.41. The first-order chi connectivity index (χ1) is 6.59. The first kappa shape index (κ1) is 9.72. The zero-order valence-corrected chi connectivity index (χ0v) is 9.30. The van der Waals surface area contributed by atoms with Gasteiger partial charge < -0.3 is 5.73 Å². The van der Waals surface area contributed by atoms with E-state index in [1.54, 1.807) is 0 Å². The van der Waals surface area contributed by atoms with Gasteiger partial charge in [0.2, 0.25) is 0 Å². The van der Waals surface area contributed by atoms with Crippen molar-refractivity contribution in [3.05, 3.63) is 34.4 Å². The van der Waals surface area contributed by atoms with Crippen molar-refractivity contribution in [3.8, 4) is 0 Å². The van der Waals surface area contributed by atoms with Gasteiger partial charge >= 0.3 is 0 Å². The molecule has 1 aromatic carbocycles. The molecule has 2 atom stereocenters. The van der Waals surface area contributed by atoms with Crippen LogP contribution in [0.15, 0.2) is 12.1 Å². The number of nitrogens with two attached hydrogens (primary N) is 1. The SMILES string of the molecule is Cc1cc(C)c2c(c1)[C@H](N)[C@@H](C)CC2. The van der Waals surface area contributed by atoms with E-state index in [-0.39, 0.29) is 6.04 Å². The van der Waals surface area contributed by atoms with E-state index in [0.29, 0.717) is 5.92 Å². The molecule has 0 aliphatic heterocycles. The van der Waals surface area contributed by atoms with Crippen LogP contribution < -0.4 is 5.73 Å². The normalized spacial score (nSPS) is 26.0. The Bertz CT molecular complexity index is 354. The number of fused-ring (bicyclic) bond motifs is 1. The van der Waals surface area contributed by atoms with Crippen LogP contribution in [0, 0.1) is 19.8 Å². The zero-order valence-electron chi connectivity index (χ0n) is 9.30. The van der Waals surface area contributed by atoms with Crippen molar-refractivity contribution in [1.82, 2.24) is 0 Å². The molecule has 2 N–H and O–H groups in total. The van der Waals surface area contributed by atoms with Gasteiger partial charge in [0.05, 0.1) is 0 Å². The minimum atomic E-state index is 0.248. The van der Waals surface area contributed by atoms with Gasteiger partial charge in [0.15, 0.2) is 0 Å². The summed E-state index contributed by atoms with van der Waals surface area (Å²) in [5.74, 6) is 0.628. The summed E-state index contributed by atoms with van der Waals surface area (Å²) in [6.45, 7) is 6.61. The lowest BCUT2D eigenvalue weighted by atomic mass is 9.79. The standard InChI is InChI=1S/C13H19N/c1-8-6-10(3)11-5-4-9(2)13(14)12(11)7-8/h6-7,9,13H,4-5,14H2,1-3H3/t9-,13+/m0/s1. The van der Waals surface area contributed by atoms with E-state index < -0.39 is 0 Å². The molecule has 0 bridgehead atoms. The van der Waals surface area contributed by atoms with Gasteiger partial charge in [-0.1, -0.05) is 24.6 Å². The lowest BCUT2D eigenvalue weighted by Crippen LogP contribution is -2.26. The van der Waals surface area contributed by atoms with Crippen molar-refractivity contribution in [3.63, 3.8) is 0 Å². The maximum absolute atomic E-state index is 6.23. The van der Waals surface area contributed by atoms with E-state index in [4.69, 9.17) is 5.73 Å². The molecule has 0 saturated carbocycles. The summed E-state index contributed by atoms with van der Waals surface area (Å²) in [7, 11) is 0. The number of rotatable bonds is 0. The van der Waals surface area contributed by atoms with Gasteiger partial charge in [-0.3, -0.25) is 0 Å². The minimum absolute atomic E-state index is 0.248. The molecule has 1 aromatic rings. The van der Waals surface area contributed by atoms with Crippen molar-refractivity contribution >= 4 is 0 Å². The van der Waals surface area contributed by atoms with Crippen molar-refractivity contribution in [2.75, 3.05) is 0 Å². The van der Waals surface area contributed by atoms with Gasteiger partial charge in [-0.15, -0.1) is 0 Å². The number of benzene rings is 1. The Morgan fingerprint density at radius 1 is 1.29 bits per heavy atom. The molecule has 0 unspecified atom stereocenters. The highest BCUT2D eigenvalue weighted by Gasteiger charge is 2.24. The highest BCUT2D eigenvalue weighted by Crippen LogP contribution is 2.34. The summed E-state index contributed by atoms with van der Waals surface area (Å²) in [6, 6.07) is 4.78. The molecule has 14 heavy (non-hydrogen) atoms. The lowest BCUT2D eigenvalue weighted by molar-refractivity contribution is 0.411. The second kappa shape index (κ2) is 3.39. The molecule has 1 nitrogen and oxygen atoms in total. The highest BCUT2D eigenvalue weighted by atomic mass is 14.7. The molecule has 0 fully saturated rings. The molecule has 1 aliphatic rings. The Morgan fingerprint density at radius 2 is 2.00 bits per heavy atom. The van der Waals surface area contributed by atoms with Crippen molar-refractivity contribution in [2.45, 2.75) is 39.7 Å². The van der Waals surface area contributed by atoms with Crippen LogP contribution in [0.2, 0.25) is 0 Å². The van der Waals surface area contributed by atoms with Gasteiger partial charge in [-0.2, -0.15) is 0 Å². The van der Waals surface area contributed by atoms with Crippen molar-refractivity contribution in [2.24, 2.45) is 11.7 Å². The third-order valence-electron chi connectivity index (χ3n) is 3.47. The summed E-state index contributed by atoms with van der Waals surface area (Å²) in [5, 5.41) is 0. The van der Waals surface area contributed by atoms with Gasteiger partial charge in [0.25, 0.3) is 0 Å². The maximum Gasteiger partial charge on any atom is 0.0323 e. The molecule has 0 heterocycles. The summed E-state index contributed by atoms with van der Waals surface area (Å²) in [4.78, 5) is 0.